The zero-order chi connectivity index (χ0) is 10.7. The average Bonchev–Trinajstić information content (AvgIpc) is 2.70. The molecule has 15 heavy (non-hydrogen) atoms. The summed E-state index contributed by atoms with van der Waals surface area (Å²) in [6.07, 6.45) is 3.58. The van der Waals surface area contributed by atoms with Crippen molar-refractivity contribution in [1.29, 1.82) is 0 Å². The first kappa shape index (κ1) is 10.4. The lowest BCUT2D eigenvalue weighted by Crippen LogP contribution is -2.02. The van der Waals surface area contributed by atoms with Crippen LogP contribution >= 0.6 is 22.6 Å². The molecule has 0 aliphatic rings. The van der Waals surface area contributed by atoms with Crippen LogP contribution < -0.4 is 0 Å². The maximum Gasteiger partial charge on any atom is 0.167 e. The number of ketones is 1. The Morgan fingerprint density at radius 3 is 2.87 bits per heavy atom. The largest absolute Gasteiger partial charge is 0.472 e. The average molecular weight is 312 g/mol. The fourth-order valence-corrected chi connectivity index (χ4v) is 1.89. The molecule has 0 N–H and O–H groups in total. The summed E-state index contributed by atoms with van der Waals surface area (Å²) < 4.78 is 6.00. The molecule has 76 valence electrons. The van der Waals surface area contributed by atoms with E-state index in [1.165, 1.54) is 0 Å². The molecule has 2 rings (SSSR count). The van der Waals surface area contributed by atoms with Gasteiger partial charge in [-0.25, -0.2) is 0 Å². The van der Waals surface area contributed by atoms with Gasteiger partial charge in [-0.3, -0.25) is 4.79 Å². The predicted molar refractivity (Wildman–Crippen MR) is 65.9 cm³/mol. The SMILES string of the molecule is O=C(Cc1ccoc1)c1cccc(I)c1. The van der Waals surface area contributed by atoms with Crippen molar-refractivity contribution in [2.75, 3.05) is 0 Å². The lowest BCUT2D eigenvalue weighted by molar-refractivity contribution is 0.0992. The topological polar surface area (TPSA) is 30.2 Å². The highest BCUT2D eigenvalue weighted by molar-refractivity contribution is 14.1. The molecule has 0 spiro atoms. The van der Waals surface area contributed by atoms with E-state index in [-0.39, 0.29) is 5.78 Å². The van der Waals surface area contributed by atoms with Crippen molar-refractivity contribution in [2.45, 2.75) is 6.42 Å². The molecule has 0 bridgehead atoms. The molecule has 0 aliphatic carbocycles. The van der Waals surface area contributed by atoms with Crippen LogP contribution in [0.4, 0.5) is 0 Å². The molecule has 1 aromatic heterocycles. The third-order valence-corrected chi connectivity index (χ3v) is 2.76. The quantitative estimate of drug-likeness (QED) is 0.643. The zero-order valence-electron chi connectivity index (χ0n) is 7.94. The number of Topliss-reactive ketones (excluding diaryl/α,β-unsaturated/α-hetero) is 1. The minimum absolute atomic E-state index is 0.120. The molecule has 0 atom stereocenters. The first-order valence-electron chi connectivity index (χ1n) is 4.55. The predicted octanol–water partition coefficient (Wildman–Crippen LogP) is 3.31. The van der Waals surface area contributed by atoms with Crippen molar-refractivity contribution in [1.82, 2.24) is 0 Å². The number of benzene rings is 1. The molecular weight excluding hydrogens is 303 g/mol. The van der Waals surface area contributed by atoms with Gasteiger partial charge < -0.3 is 4.42 Å². The van der Waals surface area contributed by atoms with Crippen molar-refractivity contribution >= 4 is 28.4 Å². The normalized spacial score (nSPS) is 10.2. The Hall–Kier alpha value is -1.10. The third kappa shape index (κ3) is 2.68. The fourth-order valence-electron chi connectivity index (χ4n) is 1.34. The van der Waals surface area contributed by atoms with E-state index in [4.69, 9.17) is 4.42 Å². The molecule has 1 heterocycles. The molecule has 3 heteroatoms. The van der Waals surface area contributed by atoms with E-state index in [0.717, 1.165) is 14.7 Å². The molecule has 2 nitrogen and oxygen atoms in total. The Morgan fingerprint density at radius 1 is 1.33 bits per heavy atom. The number of rotatable bonds is 3. The van der Waals surface area contributed by atoms with Gasteiger partial charge in [0.05, 0.1) is 12.5 Å². The van der Waals surface area contributed by atoms with Gasteiger partial charge in [0.2, 0.25) is 0 Å². The molecule has 2 aromatic rings. The number of hydrogen-bond donors (Lipinski definition) is 0. The molecule has 0 saturated heterocycles. The first-order valence-corrected chi connectivity index (χ1v) is 5.63. The van der Waals surface area contributed by atoms with E-state index in [1.807, 2.05) is 30.3 Å². The van der Waals surface area contributed by atoms with Crippen LogP contribution in [-0.2, 0) is 6.42 Å². The summed E-state index contributed by atoms with van der Waals surface area (Å²) in [5.74, 6) is 0.120. The Bertz CT molecular complexity index is 460. The summed E-state index contributed by atoms with van der Waals surface area (Å²) >= 11 is 2.20. The second-order valence-electron chi connectivity index (χ2n) is 3.24. The molecule has 0 radical (unpaired) electrons. The minimum Gasteiger partial charge on any atom is -0.472 e. The number of carbonyl (C=O) groups is 1. The Kier molecular flexibility index (Phi) is 3.20. The summed E-state index contributed by atoms with van der Waals surface area (Å²) in [5.41, 5.74) is 1.67. The second-order valence-corrected chi connectivity index (χ2v) is 4.49. The van der Waals surface area contributed by atoms with Crippen molar-refractivity contribution < 1.29 is 9.21 Å². The highest BCUT2D eigenvalue weighted by Gasteiger charge is 2.07. The molecule has 0 aliphatic heterocycles. The maximum absolute atomic E-state index is 11.8. The first-order chi connectivity index (χ1) is 7.25. The smallest absolute Gasteiger partial charge is 0.167 e. The molecule has 0 fully saturated rings. The van der Waals surface area contributed by atoms with Gasteiger partial charge >= 0.3 is 0 Å². The van der Waals surface area contributed by atoms with Crippen LogP contribution in [-0.4, -0.2) is 5.78 Å². The van der Waals surface area contributed by atoms with Crippen LogP contribution in [0.5, 0.6) is 0 Å². The van der Waals surface area contributed by atoms with Gasteiger partial charge in [-0.2, -0.15) is 0 Å². The fraction of sp³-hybridized carbons (Fsp3) is 0.0833. The summed E-state index contributed by atoms with van der Waals surface area (Å²) in [6, 6.07) is 9.40. The number of halogens is 1. The van der Waals surface area contributed by atoms with Crippen molar-refractivity contribution in [3.05, 3.63) is 57.6 Å². The van der Waals surface area contributed by atoms with Gasteiger partial charge in [-0.05, 0) is 46.4 Å². The third-order valence-electron chi connectivity index (χ3n) is 2.09. The number of furan rings is 1. The zero-order valence-corrected chi connectivity index (χ0v) is 10.1. The van der Waals surface area contributed by atoms with Crippen LogP contribution in [0.25, 0.3) is 0 Å². The van der Waals surface area contributed by atoms with E-state index < -0.39 is 0 Å². The van der Waals surface area contributed by atoms with Crippen molar-refractivity contribution in [2.24, 2.45) is 0 Å². The van der Waals surface area contributed by atoms with Crippen LogP contribution in [0.3, 0.4) is 0 Å². The van der Waals surface area contributed by atoms with Gasteiger partial charge in [-0.15, -0.1) is 0 Å². The van der Waals surface area contributed by atoms with Gasteiger partial charge in [0.1, 0.15) is 0 Å². The van der Waals surface area contributed by atoms with E-state index in [0.29, 0.717) is 6.42 Å². The monoisotopic (exact) mass is 312 g/mol. The summed E-state index contributed by atoms with van der Waals surface area (Å²) in [5, 5.41) is 0. The summed E-state index contributed by atoms with van der Waals surface area (Å²) in [7, 11) is 0. The number of carbonyl (C=O) groups excluding carboxylic acids is 1. The second kappa shape index (κ2) is 4.61. The highest BCUT2D eigenvalue weighted by atomic mass is 127. The Balaban J connectivity index is 2.15. The van der Waals surface area contributed by atoms with Crippen LogP contribution in [0.1, 0.15) is 15.9 Å². The van der Waals surface area contributed by atoms with Gasteiger partial charge in [0, 0.05) is 15.6 Å². The van der Waals surface area contributed by atoms with Gasteiger partial charge in [0.15, 0.2) is 5.78 Å². The summed E-state index contributed by atoms with van der Waals surface area (Å²) in [4.78, 5) is 11.8. The lowest BCUT2D eigenvalue weighted by atomic mass is 10.1. The van der Waals surface area contributed by atoms with Gasteiger partial charge in [-0.1, -0.05) is 12.1 Å². The standard InChI is InChI=1S/C12H9IO2/c13-11-3-1-2-10(7-11)12(14)6-9-4-5-15-8-9/h1-5,7-8H,6H2. The van der Waals surface area contributed by atoms with E-state index in [1.54, 1.807) is 12.5 Å². The van der Waals surface area contributed by atoms with E-state index in [2.05, 4.69) is 22.6 Å². The molecule has 1 aromatic carbocycles. The highest BCUT2D eigenvalue weighted by Crippen LogP contribution is 2.11. The van der Waals surface area contributed by atoms with E-state index in [9.17, 15) is 4.79 Å². The molecular formula is C12H9IO2. The van der Waals surface area contributed by atoms with Crippen molar-refractivity contribution in [3.63, 3.8) is 0 Å². The van der Waals surface area contributed by atoms with Crippen LogP contribution in [0, 0.1) is 3.57 Å². The van der Waals surface area contributed by atoms with Crippen LogP contribution in [0.15, 0.2) is 47.3 Å². The summed E-state index contributed by atoms with van der Waals surface area (Å²) in [6.45, 7) is 0. The Morgan fingerprint density at radius 2 is 2.20 bits per heavy atom. The van der Waals surface area contributed by atoms with Gasteiger partial charge in [0.25, 0.3) is 0 Å². The molecule has 0 saturated carbocycles. The number of hydrogen-bond acceptors (Lipinski definition) is 2. The Labute approximate surface area is 101 Å². The van der Waals surface area contributed by atoms with Crippen molar-refractivity contribution in [3.8, 4) is 0 Å². The van der Waals surface area contributed by atoms with E-state index >= 15 is 0 Å². The lowest BCUT2D eigenvalue weighted by Gasteiger charge is -1.99. The molecule has 0 amide bonds. The minimum atomic E-state index is 0.120. The molecule has 0 unspecified atom stereocenters. The maximum atomic E-state index is 11.8. The van der Waals surface area contributed by atoms with Crippen LogP contribution in [0.2, 0.25) is 0 Å².